The molecule has 0 spiro atoms. The molecule has 0 amide bonds. The second-order valence-electron chi connectivity index (χ2n) is 4.14. The van der Waals surface area contributed by atoms with Crippen LogP contribution in [0.3, 0.4) is 0 Å². The van der Waals surface area contributed by atoms with Crippen molar-refractivity contribution in [3.8, 4) is 0 Å². The fraction of sp³-hybridized carbons (Fsp3) is 0.154. The van der Waals surface area contributed by atoms with E-state index < -0.39 is 5.97 Å². The first-order valence-corrected chi connectivity index (χ1v) is 6.39. The highest BCUT2D eigenvalue weighted by molar-refractivity contribution is 7.99. The lowest BCUT2D eigenvalue weighted by atomic mass is 10.2. The number of aromatic nitrogens is 2. The molecule has 2 rings (SSSR count). The average molecular weight is 275 g/mol. The van der Waals surface area contributed by atoms with E-state index in [0.717, 1.165) is 16.3 Å². The van der Waals surface area contributed by atoms with Crippen LogP contribution in [0.15, 0.2) is 34.4 Å². The smallest absolute Gasteiger partial charge is 0.337 e. The van der Waals surface area contributed by atoms with Crippen LogP contribution in [0.25, 0.3) is 0 Å². The summed E-state index contributed by atoms with van der Waals surface area (Å²) in [5.41, 5.74) is 7.79. The van der Waals surface area contributed by atoms with Crippen molar-refractivity contribution in [1.29, 1.82) is 0 Å². The lowest BCUT2D eigenvalue weighted by Gasteiger charge is -2.05. The molecule has 0 bridgehead atoms. The summed E-state index contributed by atoms with van der Waals surface area (Å²) in [6.45, 7) is 3.90. The molecule has 0 atom stereocenters. The number of hydrogen-bond donors (Lipinski definition) is 2. The Hall–Kier alpha value is -2.08. The van der Waals surface area contributed by atoms with E-state index in [9.17, 15) is 4.79 Å². The van der Waals surface area contributed by atoms with Crippen LogP contribution >= 0.6 is 11.8 Å². The Morgan fingerprint density at radius 3 is 2.63 bits per heavy atom. The van der Waals surface area contributed by atoms with Crippen molar-refractivity contribution in [2.75, 3.05) is 5.73 Å². The maximum atomic E-state index is 11.0. The lowest BCUT2D eigenvalue weighted by Crippen LogP contribution is -2.03. The Labute approximate surface area is 114 Å². The van der Waals surface area contributed by atoms with Gasteiger partial charge in [-0.05, 0) is 37.6 Å². The fourth-order valence-electron chi connectivity index (χ4n) is 1.65. The molecule has 6 heteroatoms. The maximum Gasteiger partial charge on any atom is 0.337 e. The van der Waals surface area contributed by atoms with Crippen LogP contribution in [-0.2, 0) is 0 Å². The van der Waals surface area contributed by atoms with E-state index >= 15 is 0 Å². The summed E-state index contributed by atoms with van der Waals surface area (Å²) < 4.78 is 0. The van der Waals surface area contributed by atoms with Crippen molar-refractivity contribution in [3.05, 3.63) is 41.2 Å². The molecular formula is C13H13N3O2S. The highest BCUT2D eigenvalue weighted by Crippen LogP contribution is 2.27. The van der Waals surface area contributed by atoms with E-state index in [1.165, 1.54) is 24.0 Å². The predicted octanol–water partition coefficient (Wildman–Crippen LogP) is 2.53. The number of nitrogens with two attached hydrogens (primary N) is 1. The second kappa shape index (κ2) is 5.27. The summed E-state index contributed by atoms with van der Waals surface area (Å²) >= 11 is 1.32. The van der Waals surface area contributed by atoms with Crippen molar-refractivity contribution >= 4 is 23.4 Å². The van der Waals surface area contributed by atoms with E-state index in [1.54, 1.807) is 0 Å². The van der Waals surface area contributed by atoms with Gasteiger partial charge in [0.15, 0.2) is 0 Å². The summed E-state index contributed by atoms with van der Waals surface area (Å²) in [5.74, 6) is -1.06. The largest absolute Gasteiger partial charge is 0.478 e. The molecule has 0 saturated heterocycles. The van der Waals surface area contributed by atoms with Gasteiger partial charge in [-0.15, -0.1) is 0 Å². The number of anilines is 1. The molecule has 2 aromatic rings. The normalized spacial score (nSPS) is 10.4. The van der Waals surface area contributed by atoms with Gasteiger partial charge in [0.25, 0.3) is 0 Å². The van der Waals surface area contributed by atoms with Crippen LogP contribution in [-0.4, -0.2) is 21.0 Å². The van der Waals surface area contributed by atoms with E-state index in [-0.39, 0.29) is 11.3 Å². The molecule has 0 radical (unpaired) electrons. The number of hydrogen-bond acceptors (Lipinski definition) is 5. The van der Waals surface area contributed by atoms with Crippen LogP contribution in [0.4, 0.5) is 5.69 Å². The summed E-state index contributed by atoms with van der Waals surface area (Å²) in [5, 5.41) is 10.4. The number of carboxylic acids is 1. The molecule has 0 unspecified atom stereocenters. The van der Waals surface area contributed by atoms with Crippen LogP contribution in [0.5, 0.6) is 0 Å². The van der Waals surface area contributed by atoms with Crippen LogP contribution in [0.1, 0.15) is 21.6 Å². The van der Waals surface area contributed by atoms with Gasteiger partial charge >= 0.3 is 5.97 Å². The van der Waals surface area contributed by atoms with E-state index in [1.807, 2.05) is 26.0 Å². The topological polar surface area (TPSA) is 89.1 Å². The molecule has 0 aromatic carbocycles. The van der Waals surface area contributed by atoms with Crippen molar-refractivity contribution < 1.29 is 9.90 Å². The molecule has 5 nitrogen and oxygen atoms in total. The van der Waals surface area contributed by atoms with Gasteiger partial charge in [0.05, 0.1) is 17.4 Å². The fourth-order valence-corrected chi connectivity index (χ4v) is 2.58. The third kappa shape index (κ3) is 3.23. The van der Waals surface area contributed by atoms with Gasteiger partial charge in [-0.25, -0.2) is 14.8 Å². The molecular weight excluding hydrogens is 262 g/mol. The summed E-state index contributed by atoms with van der Waals surface area (Å²) in [6, 6.07) is 5.36. The second-order valence-corrected chi connectivity index (χ2v) is 5.18. The molecule has 0 aliphatic heterocycles. The minimum Gasteiger partial charge on any atom is -0.478 e. The minimum absolute atomic E-state index is 0.0573. The van der Waals surface area contributed by atoms with E-state index in [0.29, 0.717) is 5.03 Å². The first-order chi connectivity index (χ1) is 8.95. The minimum atomic E-state index is -1.06. The number of nitrogen functional groups attached to an aromatic ring is 1. The van der Waals surface area contributed by atoms with Crippen molar-refractivity contribution in [2.45, 2.75) is 23.9 Å². The number of pyridine rings is 2. The van der Waals surface area contributed by atoms with Gasteiger partial charge in [0.1, 0.15) is 10.1 Å². The van der Waals surface area contributed by atoms with Crippen molar-refractivity contribution in [3.63, 3.8) is 0 Å². The van der Waals surface area contributed by atoms with Gasteiger partial charge < -0.3 is 10.8 Å². The van der Waals surface area contributed by atoms with E-state index in [4.69, 9.17) is 10.8 Å². The summed E-state index contributed by atoms with van der Waals surface area (Å²) in [6.07, 6.45) is 1.36. The van der Waals surface area contributed by atoms with Gasteiger partial charge in [0, 0.05) is 5.69 Å². The standard InChI is InChI=1S/C13H13N3O2S/c1-7-3-8(2)16-12(4-7)19-11-5-9(13(17)18)10(14)6-15-11/h3-6H,14H2,1-2H3,(H,17,18). The predicted molar refractivity (Wildman–Crippen MR) is 73.4 cm³/mol. The third-order valence-corrected chi connectivity index (χ3v) is 3.27. The Morgan fingerprint density at radius 2 is 2.00 bits per heavy atom. The van der Waals surface area contributed by atoms with Crippen LogP contribution in [0, 0.1) is 13.8 Å². The zero-order valence-corrected chi connectivity index (χ0v) is 11.4. The highest BCUT2D eigenvalue weighted by Gasteiger charge is 2.11. The molecule has 0 aliphatic carbocycles. The van der Waals surface area contributed by atoms with Gasteiger partial charge in [-0.1, -0.05) is 11.8 Å². The molecule has 3 N–H and O–H groups in total. The lowest BCUT2D eigenvalue weighted by molar-refractivity contribution is 0.0697. The van der Waals surface area contributed by atoms with E-state index in [2.05, 4.69) is 9.97 Å². The number of carboxylic acid groups (broad SMARTS) is 1. The number of carbonyl (C=O) groups is 1. The van der Waals surface area contributed by atoms with Gasteiger partial charge in [0.2, 0.25) is 0 Å². The summed E-state index contributed by atoms with van der Waals surface area (Å²) in [4.78, 5) is 19.5. The van der Waals surface area contributed by atoms with Gasteiger partial charge in [-0.3, -0.25) is 0 Å². The zero-order valence-electron chi connectivity index (χ0n) is 10.5. The number of aromatic carboxylic acids is 1. The molecule has 2 aromatic heterocycles. The number of nitrogens with zero attached hydrogens (tertiary/aromatic N) is 2. The Bertz CT molecular complexity index is 624. The van der Waals surface area contributed by atoms with Crippen LogP contribution < -0.4 is 5.73 Å². The molecule has 0 fully saturated rings. The molecule has 19 heavy (non-hydrogen) atoms. The number of aryl methyl sites for hydroxylation is 2. The third-order valence-electron chi connectivity index (χ3n) is 2.42. The first kappa shape index (κ1) is 13.4. The maximum absolute atomic E-state index is 11.0. The molecule has 0 aliphatic rings. The number of rotatable bonds is 3. The molecule has 0 saturated carbocycles. The Morgan fingerprint density at radius 1 is 1.26 bits per heavy atom. The first-order valence-electron chi connectivity index (χ1n) is 5.57. The Balaban J connectivity index is 2.33. The van der Waals surface area contributed by atoms with Crippen molar-refractivity contribution in [2.24, 2.45) is 0 Å². The SMILES string of the molecule is Cc1cc(C)nc(Sc2cc(C(=O)O)c(N)cn2)c1. The van der Waals surface area contributed by atoms with Crippen molar-refractivity contribution in [1.82, 2.24) is 9.97 Å². The Kier molecular flexibility index (Phi) is 3.71. The quantitative estimate of drug-likeness (QED) is 0.894. The molecule has 2 heterocycles. The monoisotopic (exact) mass is 275 g/mol. The van der Waals surface area contributed by atoms with Gasteiger partial charge in [-0.2, -0.15) is 0 Å². The molecule has 98 valence electrons. The zero-order chi connectivity index (χ0) is 14.0. The average Bonchev–Trinajstić information content (AvgIpc) is 2.30. The summed E-state index contributed by atoms with van der Waals surface area (Å²) in [7, 11) is 0. The van der Waals surface area contributed by atoms with Crippen LogP contribution in [0.2, 0.25) is 0 Å². The highest BCUT2D eigenvalue weighted by atomic mass is 32.2.